The molecule has 96 valence electrons. The average Bonchev–Trinajstić information content (AvgIpc) is 2.94. The number of aromatic amines is 1. The summed E-state index contributed by atoms with van der Waals surface area (Å²) >= 11 is 0. The Hall–Kier alpha value is -1.38. The third-order valence-corrected chi connectivity index (χ3v) is 4.15. The average molecular weight is 243 g/mol. The van der Waals surface area contributed by atoms with Gasteiger partial charge in [0.1, 0.15) is 5.82 Å². The molecule has 0 radical (unpaired) electrons. The van der Waals surface area contributed by atoms with Gasteiger partial charge in [0.05, 0.1) is 17.2 Å². The van der Waals surface area contributed by atoms with Crippen molar-refractivity contribution in [2.75, 3.05) is 0 Å². The van der Waals surface area contributed by atoms with E-state index >= 15 is 0 Å². The van der Waals surface area contributed by atoms with Crippen LogP contribution in [0.5, 0.6) is 0 Å². The van der Waals surface area contributed by atoms with E-state index in [1.54, 1.807) is 0 Å². The van der Waals surface area contributed by atoms with Gasteiger partial charge < -0.3 is 4.98 Å². The van der Waals surface area contributed by atoms with Crippen LogP contribution in [0.2, 0.25) is 0 Å². The second kappa shape index (κ2) is 4.38. The van der Waals surface area contributed by atoms with E-state index in [4.69, 9.17) is 4.98 Å². The lowest BCUT2D eigenvalue weighted by Gasteiger charge is -2.28. The normalized spacial score (nSPS) is 18.8. The van der Waals surface area contributed by atoms with Crippen LogP contribution in [0.1, 0.15) is 51.8 Å². The molecule has 1 saturated carbocycles. The molecule has 2 aromatic heterocycles. The number of hydrogen-bond donors (Lipinski definition) is 1. The van der Waals surface area contributed by atoms with E-state index in [0.29, 0.717) is 0 Å². The number of nitrogens with zero attached hydrogens (tertiary/aromatic N) is 2. The highest BCUT2D eigenvalue weighted by atomic mass is 15.0. The maximum Gasteiger partial charge on any atom is 0.113 e. The molecule has 1 fully saturated rings. The van der Waals surface area contributed by atoms with Crippen LogP contribution in [0.3, 0.4) is 0 Å². The minimum Gasteiger partial charge on any atom is -0.340 e. The van der Waals surface area contributed by atoms with Crippen molar-refractivity contribution in [3.05, 3.63) is 24.3 Å². The van der Waals surface area contributed by atoms with Crippen molar-refractivity contribution in [2.45, 2.75) is 51.4 Å². The van der Waals surface area contributed by atoms with Crippen LogP contribution in [-0.4, -0.2) is 15.0 Å². The van der Waals surface area contributed by atoms with Crippen molar-refractivity contribution in [3.63, 3.8) is 0 Å². The van der Waals surface area contributed by atoms with Crippen LogP contribution >= 0.6 is 0 Å². The number of imidazole rings is 1. The molecule has 18 heavy (non-hydrogen) atoms. The van der Waals surface area contributed by atoms with Gasteiger partial charge in [-0.3, -0.25) is 4.98 Å². The fourth-order valence-electron chi connectivity index (χ4n) is 3.48. The maximum atomic E-state index is 4.82. The molecule has 3 heteroatoms. The summed E-state index contributed by atoms with van der Waals surface area (Å²) in [5.74, 6) is 1.91. The standard InChI is InChI=1S/C15H21N3/c1-11(2)9-15(6-3-4-7-15)14-17-12-5-8-16-10-13(12)18-14/h5,8,10-11H,3-4,6-7,9H2,1-2H3,(H,17,18). The Bertz CT molecular complexity index is 502. The van der Waals surface area contributed by atoms with Gasteiger partial charge in [-0.15, -0.1) is 0 Å². The second-order valence-corrected chi connectivity index (χ2v) is 6.06. The summed E-state index contributed by atoms with van der Waals surface area (Å²) in [5, 5.41) is 0. The van der Waals surface area contributed by atoms with Crippen molar-refractivity contribution >= 4 is 11.0 Å². The van der Waals surface area contributed by atoms with Crippen molar-refractivity contribution in [1.29, 1.82) is 0 Å². The number of pyridine rings is 1. The predicted molar refractivity (Wildman–Crippen MR) is 73.5 cm³/mol. The Balaban J connectivity index is 2.04. The summed E-state index contributed by atoms with van der Waals surface area (Å²) < 4.78 is 0. The first-order valence-corrected chi connectivity index (χ1v) is 7.00. The van der Waals surface area contributed by atoms with Crippen molar-refractivity contribution < 1.29 is 0 Å². The van der Waals surface area contributed by atoms with Crippen LogP contribution in [0.15, 0.2) is 18.5 Å². The molecule has 3 nitrogen and oxygen atoms in total. The van der Waals surface area contributed by atoms with E-state index in [1.165, 1.54) is 37.9 Å². The number of fused-ring (bicyclic) bond motifs is 1. The smallest absolute Gasteiger partial charge is 0.113 e. The molecule has 0 spiro atoms. The largest absolute Gasteiger partial charge is 0.340 e. The zero-order valence-electron chi connectivity index (χ0n) is 11.2. The number of H-pyrrole nitrogens is 1. The van der Waals surface area contributed by atoms with Gasteiger partial charge in [0.25, 0.3) is 0 Å². The van der Waals surface area contributed by atoms with Crippen molar-refractivity contribution in [3.8, 4) is 0 Å². The molecule has 0 saturated heterocycles. The van der Waals surface area contributed by atoms with Crippen molar-refractivity contribution in [1.82, 2.24) is 15.0 Å². The number of hydrogen-bond acceptors (Lipinski definition) is 2. The van der Waals surface area contributed by atoms with Gasteiger partial charge in [-0.1, -0.05) is 26.7 Å². The van der Waals surface area contributed by atoms with Crippen LogP contribution in [0.25, 0.3) is 11.0 Å². The molecular weight excluding hydrogens is 222 g/mol. The molecule has 0 unspecified atom stereocenters. The van der Waals surface area contributed by atoms with Crippen LogP contribution in [0, 0.1) is 5.92 Å². The fraction of sp³-hybridized carbons (Fsp3) is 0.600. The van der Waals surface area contributed by atoms with E-state index in [0.717, 1.165) is 17.0 Å². The molecule has 0 atom stereocenters. The van der Waals surface area contributed by atoms with Crippen molar-refractivity contribution in [2.24, 2.45) is 5.92 Å². The molecule has 2 heterocycles. The molecule has 3 rings (SSSR count). The quantitative estimate of drug-likeness (QED) is 0.890. The molecule has 0 amide bonds. The Kier molecular flexibility index (Phi) is 2.84. The summed E-state index contributed by atoms with van der Waals surface area (Å²) in [5.41, 5.74) is 2.41. The lowest BCUT2D eigenvalue weighted by Crippen LogP contribution is -2.25. The first-order chi connectivity index (χ1) is 8.70. The van der Waals surface area contributed by atoms with Gasteiger partial charge in [0.15, 0.2) is 0 Å². The zero-order chi connectivity index (χ0) is 12.6. The van der Waals surface area contributed by atoms with Gasteiger partial charge in [-0.2, -0.15) is 0 Å². The van der Waals surface area contributed by atoms with Gasteiger partial charge in [-0.05, 0) is 31.2 Å². The van der Waals surface area contributed by atoms with E-state index in [1.807, 2.05) is 18.5 Å². The van der Waals surface area contributed by atoms with Gasteiger partial charge in [-0.25, -0.2) is 4.98 Å². The number of nitrogens with one attached hydrogen (secondary N) is 1. The highest BCUT2D eigenvalue weighted by Gasteiger charge is 2.38. The monoisotopic (exact) mass is 243 g/mol. The zero-order valence-corrected chi connectivity index (χ0v) is 11.2. The summed E-state index contributed by atoms with van der Waals surface area (Å²) in [6.45, 7) is 4.62. The summed E-state index contributed by atoms with van der Waals surface area (Å²) in [6.07, 6.45) is 10.2. The van der Waals surface area contributed by atoms with Crippen LogP contribution in [0.4, 0.5) is 0 Å². The van der Waals surface area contributed by atoms with E-state index < -0.39 is 0 Å². The van der Waals surface area contributed by atoms with Gasteiger partial charge >= 0.3 is 0 Å². The third kappa shape index (κ3) is 1.92. The van der Waals surface area contributed by atoms with E-state index in [2.05, 4.69) is 23.8 Å². The van der Waals surface area contributed by atoms with Gasteiger partial charge in [0, 0.05) is 11.6 Å². The maximum absolute atomic E-state index is 4.82. The SMILES string of the molecule is CC(C)CC1(c2nc3ccncc3[nH]2)CCCC1. The molecular formula is C15H21N3. The fourth-order valence-corrected chi connectivity index (χ4v) is 3.48. The summed E-state index contributed by atoms with van der Waals surface area (Å²) in [4.78, 5) is 12.5. The Morgan fingerprint density at radius 3 is 2.78 bits per heavy atom. The first-order valence-electron chi connectivity index (χ1n) is 7.00. The molecule has 1 aliphatic carbocycles. The molecule has 2 aromatic rings. The van der Waals surface area contributed by atoms with Gasteiger partial charge in [0.2, 0.25) is 0 Å². The number of aromatic nitrogens is 3. The molecule has 1 aliphatic rings. The summed E-state index contributed by atoms with van der Waals surface area (Å²) in [6, 6.07) is 1.99. The Morgan fingerprint density at radius 1 is 1.33 bits per heavy atom. The second-order valence-electron chi connectivity index (χ2n) is 6.06. The first kappa shape index (κ1) is 11.7. The van der Waals surface area contributed by atoms with Crippen LogP contribution < -0.4 is 0 Å². The van der Waals surface area contributed by atoms with E-state index in [-0.39, 0.29) is 5.41 Å². The minimum absolute atomic E-state index is 0.285. The third-order valence-electron chi connectivity index (χ3n) is 4.15. The highest BCUT2D eigenvalue weighted by Crippen LogP contribution is 2.44. The molecule has 0 aromatic carbocycles. The lowest BCUT2D eigenvalue weighted by atomic mass is 9.78. The summed E-state index contributed by atoms with van der Waals surface area (Å²) in [7, 11) is 0. The molecule has 0 aliphatic heterocycles. The molecule has 1 N–H and O–H groups in total. The molecule has 0 bridgehead atoms. The Labute approximate surface area is 108 Å². The lowest BCUT2D eigenvalue weighted by molar-refractivity contribution is 0.332. The number of rotatable bonds is 3. The predicted octanol–water partition coefficient (Wildman–Crippen LogP) is 3.82. The Morgan fingerprint density at radius 2 is 2.11 bits per heavy atom. The topological polar surface area (TPSA) is 41.6 Å². The van der Waals surface area contributed by atoms with Crippen LogP contribution in [-0.2, 0) is 5.41 Å². The highest BCUT2D eigenvalue weighted by molar-refractivity contribution is 5.73. The van der Waals surface area contributed by atoms with E-state index in [9.17, 15) is 0 Å². The minimum atomic E-state index is 0.285.